The van der Waals surface area contributed by atoms with E-state index in [0.717, 1.165) is 0 Å². The van der Waals surface area contributed by atoms with E-state index >= 15 is 0 Å². The topological polar surface area (TPSA) is 66.4 Å². The molecule has 0 spiro atoms. The number of aliphatic carboxylic acids is 1. The van der Waals surface area contributed by atoms with Crippen molar-refractivity contribution in [2.75, 3.05) is 6.54 Å². The molecule has 0 aromatic rings. The lowest BCUT2D eigenvalue weighted by atomic mass is 10.3. The summed E-state index contributed by atoms with van der Waals surface area (Å²) < 4.78 is 0. The van der Waals surface area contributed by atoms with Gasteiger partial charge in [-0.25, -0.2) is 0 Å². The summed E-state index contributed by atoms with van der Waals surface area (Å²) in [5, 5.41) is 10.6. The third-order valence-corrected chi connectivity index (χ3v) is 3.29. The molecule has 4 nitrogen and oxygen atoms in total. The smallest absolute Gasteiger partial charge is 0.316 e. The molecule has 2 unspecified atom stereocenters. The van der Waals surface area contributed by atoms with Gasteiger partial charge in [-0.1, -0.05) is 13.0 Å². The number of nitrogens with one attached hydrogen (secondary N) is 1. The van der Waals surface area contributed by atoms with Crippen LogP contribution in [0.15, 0.2) is 12.7 Å². The lowest BCUT2D eigenvalue weighted by Gasteiger charge is -2.15. The van der Waals surface area contributed by atoms with Crippen molar-refractivity contribution in [1.29, 1.82) is 0 Å². The Kier molecular flexibility index (Phi) is 6.86. The zero-order chi connectivity index (χ0) is 11.8. The van der Waals surface area contributed by atoms with Crippen molar-refractivity contribution in [2.24, 2.45) is 0 Å². The standard InChI is InChI=1S/C10H17NO3S/c1-4-6-11-9(12)7(3)15-8(5-2)10(13)14/h4,7-8H,1,5-6H2,2-3H3,(H,11,12)(H,13,14). The molecule has 0 bridgehead atoms. The van der Waals surface area contributed by atoms with Crippen molar-refractivity contribution in [3.05, 3.63) is 12.7 Å². The zero-order valence-electron chi connectivity index (χ0n) is 9.03. The minimum Gasteiger partial charge on any atom is -0.480 e. The number of amides is 1. The van der Waals surface area contributed by atoms with Crippen LogP contribution in [0.25, 0.3) is 0 Å². The molecule has 0 aliphatic heterocycles. The van der Waals surface area contributed by atoms with Crippen molar-refractivity contribution >= 4 is 23.6 Å². The summed E-state index contributed by atoms with van der Waals surface area (Å²) in [4.78, 5) is 22.1. The normalized spacial score (nSPS) is 14.0. The highest BCUT2D eigenvalue weighted by Gasteiger charge is 2.22. The summed E-state index contributed by atoms with van der Waals surface area (Å²) in [6.45, 7) is 7.39. The number of carbonyl (C=O) groups is 2. The van der Waals surface area contributed by atoms with Gasteiger partial charge in [-0.3, -0.25) is 9.59 Å². The van der Waals surface area contributed by atoms with Crippen LogP contribution in [0, 0.1) is 0 Å². The first-order valence-electron chi connectivity index (χ1n) is 4.79. The number of hydrogen-bond acceptors (Lipinski definition) is 3. The molecule has 86 valence electrons. The highest BCUT2D eigenvalue weighted by atomic mass is 32.2. The molecule has 0 radical (unpaired) electrons. The van der Waals surface area contributed by atoms with Crippen LogP contribution in [0.3, 0.4) is 0 Å². The first kappa shape index (κ1) is 14.0. The number of carbonyl (C=O) groups excluding carboxylic acids is 1. The molecule has 2 N–H and O–H groups in total. The number of rotatable bonds is 7. The van der Waals surface area contributed by atoms with Gasteiger partial charge in [0.15, 0.2) is 0 Å². The molecule has 0 aromatic carbocycles. The first-order chi connectivity index (χ1) is 7.02. The van der Waals surface area contributed by atoms with E-state index in [9.17, 15) is 9.59 Å². The molecule has 1 amide bonds. The second-order valence-electron chi connectivity index (χ2n) is 3.05. The minimum absolute atomic E-state index is 0.153. The number of thioether (sulfide) groups is 1. The fourth-order valence-electron chi connectivity index (χ4n) is 0.954. The Balaban J connectivity index is 4.09. The molecular formula is C10H17NO3S. The fraction of sp³-hybridized carbons (Fsp3) is 0.600. The van der Waals surface area contributed by atoms with Crippen molar-refractivity contribution in [3.63, 3.8) is 0 Å². The maximum absolute atomic E-state index is 11.4. The predicted molar refractivity (Wildman–Crippen MR) is 62.0 cm³/mol. The summed E-state index contributed by atoms with van der Waals surface area (Å²) in [6.07, 6.45) is 2.10. The predicted octanol–water partition coefficient (Wildman–Crippen LogP) is 1.27. The van der Waals surface area contributed by atoms with Gasteiger partial charge in [0.2, 0.25) is 5.91 Å². The second kappa shape index (κ2) is 7.34. The van der Waals surface area contributed by atoms with Crippen LogP contribution >= 0.6 is 11.8 Å². The Hall–Kier alpha value is -0.970. The van der Waals surface area contributed by atoms with E-state index in [4.69, 9.17) is 5.11 Å². The Morgan fingerprint density at radius 1 is 1.60 bits per heavy atom. The molecular weight excluding hydrogens is 214 g/mol. The Labute approximate surface area is 94.1 Å². The van der Waals surface area contributed by atoms with Crippen LogP contribution in [0.4, 0.5) is 0 Å². The van der Waals surface area contributed by atoms with Crippen LogP contribution in [0.1, 0.15) is 20.3 Å². The monoisotopic (exact) mass is 231 g/mol. The highest BCUT2D eigenvalue weighted by molar-refractivity contribution is 8.01. The van der Waals surface area contributed by atoms with Crippen LogP contribution in [0.5, 0.6) is 0 Å². The molecule has 0 fully saturated rings. The van der Waals surface area contributed by atoms with Crippen molar-refractivity contribution < 1.29 is 14.7 Å². The van der Waals surface area contributed by atoms with Crippen molar-refractivity contribution in [2.45, 2.75) is 30.8 Å². The van der Waals surface area contributed by atoms with E-state index in [2.05, 4.69) is 11.9 Å². The van der Waals surface area contributed by atoms with Crippen molar-refractivity contribution in [3.8, 4) is 0 Å². The third-order valence-electron chi connectivity index (χ3n) is 1.80. The number of hydrogen-bond donors (Lipinski definition) is 2. The lowest BCUT2D eigenvalue weighted by molar-refractivity contribution is -0.136. The third kappa shape index (κ3) is 5.47. The molecule has 0 heterocycles. The van der Waals surface area contributed by atoms with E-state index in [1.54, 1.807) is 19.9 Å². The molecule has 0 saturated carbocycles. The average Bonchev–Trinajstić information content (AvgIpc) is 2.21. The van der Waals surface area contributed by atoms with Gasteiger partial charge in [-0.15, -0.1) is 18.3 Å². The van der Waals surface area contributed by atoms with Crippen LogP contribution in [-0.2, 0) is 9.59 Å². The molecule has 0 aliphatic carbocycles. The van der Waals surface area contributed by atoms with Gasteiger partial charge in [0.05, 0.1) is 5.25 Å². The van der Waals surface area contributed by atoms with Gasteiger partial charge in [-0.05, 0) is 13.3 Å². The van der Waals surface area contributed by atoms with E-state index in [-0.39, 0.29) is 11.2 Å². The maximum atomic E-state index is 11.4. The molecule has 2 atom stereocenters. The molecule has 15 heavy (non-hydrogen) atoms. The summed E-state index contributed by atoms with van der Waals surface area (Å²) in [5.74, 6) is -1.02. The summed E-state index contributed by atoms with van der Waals surface area (Å²) in [5.41, 5.74) is 0. The van der Waals surface area contributed by atoms with Crippen LogP contribution < -0.4 is 5.32 Å². The Morgan fingerprint density at radius 2 is 2.20 bits per heavy atom. The van der Waals surface area contributed by atoms with Crippen LogP contribution in [0.2, 0.25) is 0 Å². The first-order valence-corrected chi connectivity index (χ1v) is 5.74. The van der Waals surface area contributed by atoms with Gasteiger partial charge in [-0.2, -0.15) is 0 Å². The summed E-state index contributed by atoms with van der Waals surface area (Å²) >= 11 is 1.17. The molecule has 5 heteroatoms. The Morgan fingerprint density at radius 3 is 2.60 bits per heavy atom. The fourth-order valence-corrected chi connectivity index (χ4v) is 1.96. The van der Waals surface area contributed by atoms with Gasteiger partial charge in [0, 0.05) is 6.54 Å². The minimum atomic E-state index is -0.870. The number of carboxylic acids is 1. The highest BCUT2D eigenvalue weighted by Crippen LogP contribution is 2.20. The second-order valence-corrected chi connectivity index (χ2v) is 4.60. The largest absolute Gasteiger partial charge is 0.480 e. The summed E-state index contributed by atoms with van der Waals surface area (Å²) in [6, 6.07) is 0. The molecule has 0 saturated heterocycles. The van der Waals surface area contributed by atoms with E-state index < -0.39 is 11.2 Å². The number of carboxylic acid groups (broad SMARTS) is 1. The molecule has 0 aliphatic rings. The van der Waals surface area contributed by atoms with E-state index in [0.29, 0.717) is 13.0 Å². The average molecular weight is 231 g/mol. The SMILES string of the molecule is C=CCNC(=O)C(C)SC(CC)C(=O)O. The van der Waals surface area contributed by atoms with Gasteiger partial charge < -0.3 is 10.4 Å². The lowest BCUT2D eigenvalue weighted by Crippen LogP contribution is -2.33. The Bertz CT molecular complexity index is 243. The summed E-state index contributed by atoms with van der Waals surface area (Å²) in [7, 11) is 0. The zero-order valence-corrected chi connectivity index (χ0v) is 9.84. The van der Waals surface area contributed by atoms with Gasteiger partial charge in [0.1, 0.15) is 5.25 Å². The van der Waals surface area contributed by atoms with Crippen LogP contribution in [-0.4, -0.2) is 34.0 Å². The van der Waals surface area contributed by atoms with E-state index in [1.165, 1.54) is 11.8 Å². The molecule has 0 rings (SSSR count). The van der Waals surface area contributed by atoms with E-state index in [1.807, 2.05) is 0 Å². The molecule has 0 aromatic heterocycles. The van der Waals surface area contributed by atoms with Gasteiger partial charge in [0.25, 0.3) is 0 Å². The van der Waals surface area contributed by atoms with Gasteiger partial charge >= 0.3 is 5.97 Å². The van der Waals surface area contributed by atoms with Crippen molar-refractivity contribution in [1.82, 2.24) is 5.32 Å². The quantitative estimate of drug-likeness (QED) is 0.648. The maximum Gasteiger partial charge on any atom is 0.316 e.